The van der Waals surface area contributed by atoms with Crippen LogP contribution in [-0.2, 0) is 13.0 Å². The van der Waals surface area contributed by atoms with Crippen LogP contribution in [0.1, 0.15) is 50.7 Å². The number of nitrogens with one attached hydrogen (secondary N) is 1. The van der Waals surface area contributed by atoms with E-state index in [-0.39, 0.29) is 17.0 Å². The van der Waals surface area contributed by atoms with E-state index in [4.69, 9.17) is 14.5 Å². The smallest absolute Gasteiger partial charge is 0.266 e. The van der Waals surface area contributed by atoms with Crippen molar-refractivity contribution in [3.63, 3.8) is 0 Å². The number of rotatable bonds is 5. The molecule has 3 heterocycles. The van der Waals surface area contributed by atoms with Gasteiger partial charge in [0.1, 0.15) is 10.7 Å². The highest BCUT2D eigenvalue weighted by molar-refractivity contribution is 7.20. The Kier molecular flexibility index (Phi) is 6.60. The molecule has 0 saturated heterocycles. The fourth-order valence-electron chi connectivity index (χ4n) is 4.21. The fraction of sp³-hybridized carbons (Fsp3) is 0.417. The van der Waals surface area contributed by atoms with Crippen LogP contribution in [0.4, 0.5) is 5.69 Å². The number of thiophene rings is 1. The number of ether oxygens (including phenoxy) is 2. The number of aromatic nitrogens is 2. The summed E-state index contributed by atoms with van der Waals surface area (Å²) in [5.74, 6) is 0.822. The Morgan fingerprint density at radius 3 is 2.50 bits per heavy atom. The van der Waals surface area contributed by atoms with Crippen LogP contribution in [-0.4, -0.2) is 54.6 Å². The highest BCUT2D eigenvalue weighted by atomic mass is 32.1. The summed E-state index contributed by atoms with van der Waals surface area (Å²) in [5, 5.41) is 3.33. The normalized spacial score (nSPS) is 13.2. The number of carbonyl (C=O) groups is 2. The molecule has 1 N–H and O–H groups in total. The maximum atomic E-state index is 13.4. The van der Waals surface area contributed by atoms with Crippen LogP contribution >= 0.6 is 11.3 Å². The first-order valence-corrected chi connectivity index (χ1v) is 11.9. The van der Waals surface area contributed by atoms with Crippen LogP contribution in [0.2, 0.25) is 0 Å². The van der Waals surface area contributed by atoms with Gasteiger partial charge in [0.25, 0.3) is 17.4 Å². The van der Waals surface area contributed by atoms with Crippen molar-refractivity contribution in [2.75, 3.05) is 33.6 Å². The summed E-state index contributed by atoms with van der Waals surface area (Å²) < 4.78 is 12.4. The van der Waals surface area contributed by atoms with Crippen molar-refractivity contribution in [1.29, 1.82) is 0 Å². The van der Waals surface area contributed by atoms with Crippen molar-refractivity contribution in [3.8, 4) is 11.5 Å². The first kappa shape index (κ1) is 23.7. The average Bonchev–Trinajstić information content (AvgIpc) is 2.98. The Morgan fingerprint density at radius 1 is 1.12 bits per heavy atom. The monoisotopic (exact) mass is 484 g/mol. The van der Waals surface area contributed by atoms with Gasteiger partial charge < -0.3 is 19.7 Å². The topological polar surface area (TPSA) is 103 Å². The first-order chi connectivity index (χ1) is 16.3. The number of nitrogens with zero attached hydrogens (tertiary/aromatic N) is 3. The van der Waals surface area contributed by atoms with Gasteiger partial charge in [0, 0.05) is 33.1 Å². The second kappa shape index (κ2) is 9.46. The van der Waals surface area contributed by atoms with Crippen LogP contribution in [0.3, 0.4) is 0 Å². The standard InChI is InChI=1S/C24H28N4O5S/c1-13-19-22(26-18-9-7-6-8-10-28(18)24(19)31)34-20(13)21(29)25-15-12-17(33-5)16(32-4)11-14(15)23(30)27(2)3/h11-12H,6-10H2,1-5H3,(H,25,29). The van der Waals surface area contributed by atoms with Crippen LogP contribution < -0.4 is 20.3 Å². The number of carbonyl (C=O) groups excluding carboxylic acids is 2. The summed E-state index contributed by atoms with van der Waals surface area (Å²) in [7, 11) is 6.22. The van der Waals surface area contributed by atoms with Gasteiger partial charge >= 0.3 is 0 Å². The predicted molar refractivity (Wildman–Crippen MR) is 132 cm³/mol. The van der Waals surface area contributed by atoms with Crippen molar-refractivity contribution in [2.45, 2.75) is 39.2 Å². The lowest BCUT2D eigenvalue weighted by atomic mass is 10.1. The molecule has 0 saturated carbocycles. The molecule has 1 aliphatic heterocycles. The van der Waals surface area contributed by atoms with Crippen LogP contribution in [0.15, 0.2) is 16.9 Å². The maximum absolute atomic E-state index is 13.4. The minimum Gasteiger partial charge on any atom is -0.493 e. The number of aryl methyl sites for hydroxylation is 2. The minimum absolute atomic E-state index is 0.0932. The minimum atomic E-state index is -0.417. The van der Waals surface area contributed by atoms with E-state index in [1.54, 1.807) is 37.7 Å². The van der Waals surface area contributed by atoms with E-state index in [2.05, 4.69) is 5.32 Å². The number of fused-ring (bicyclic) bond motifs is 2. The molecule has 4 rings (SSSR count). The van der Waals surface area contributed by atoms with E-state index >= 15 is 0 Å². The average molecular weight is 485 g/mol. The molecule has 180 valence electrons. The van der Waals surface area contributed by atoms with E-state index in [1.165, 1.54) is 30.5 Å². The number of amides is 2. The van der Waals surface area contributed by atoms with Crippen LogP contribution in [0, 0.1) is 6.92 Å². The Labute approximate surface area is 201 Å². The summed E-state index contributed by atoms with van der Waals surface area (Å²) in [5.41, 5.74) is 1.05. The van der Waals surface area contributed by atoms with Crippen molar-refractivity contribution in [1.82, 2.24) is 14.5 Å². The molecule has 10 heteroatoms. The molecule has 0 fully saturated rings. The summed E-state index contributed by atoms with van der Waals surface area (Å²) in [6.45, 7) is 2.41. The number of anilines is 1. The van der Waals surface area contributed by atoms with Gasteiger partial charge in [0.05, 0.1) is 35.7 Å². The third-order valence-electron chi connectivity index (χ3n) is 6.03. The highest BCUT2D eigenvalue weighted by Crippen LogP contribution is 2.35. The van der Waals surface area contributed by atoms with Gasteiger partial charge in [-0.1, -0.05) is 6.42 Å². The molecule has 0 atom stereocenters. The molecule has 0 radical (unpaired) electrons. The third kappa shape index (κ3) is 4.13. The molecule has 0 aliphatic carbocycles. The van der Waals surface area contributed by atoms with Gasteiger partial charge in [-0.3, -0.25) is 19.0 Å². The molecule has 1 aliphatic rings. The summed E-state index contributed by atoms with van der Waals surface area (Å²) in [4.78, 5) is 46.5. The summed E-state index contributed by atoms with van der Waals surface area (Å²) in [6, 6.07) is 3.10. The molecular formula is C24H28N4O5S. The van der Waals surface area contributed by atoms with E-state index in [1.807, 2.05) is 0 Å². The van der Waals surface area contributed by atoms with Crippen molar-refractivity contribution in [2.24, 2.45) is 0 Å². The van der Waals surface area contributed by atoms with Gasteiger partial charge in [-0.2, -0.15) is 0 Å². The lowest BCUT2D eigenvalue weighted by Gasteiger charge is -2.17. The van der Waals surface area contributed by atoms with Crippen LogP contribution in [0.5, 0.6) is 11.5 Å². The zero-order valence-corrected chi connectivity index (χ0v) is 20.8. The first-order valence-electron chi connectivity index (χ1n) is 11.1. The number of methoxy groups -OCH3 is 2. The van der Waals surface area contributed by atoms with Crippen molar-refractivity contribution >= 4 is 39.1 Å². The SMILES string of the molecule is COc1cc(NC(=O)c2sc3nc4n(c(=O)c3c2C)CCCCC4)c(C(=O)N(C)C)cc1OC. The quantitative estimate of drug-likeness (QED) is 0.595. The number of hydrogen-bond donors (Lipinski definition) is 1. The number of benzene rings is 1. The second-order valence-electron chi connectivity index (χ2n) is 8.44. The Bertz CT molecular complexity index is 1340. The maximum Gasteiger partial charge on any atom is 0.266 e. The summed E-state index contributed by atoms with van der Waals surface area (Å²) >= 11 is 1.20. The predicted octanol–water partition coefficient (Wildman–Crippen LogP) is 3.46. The fourth-order valence-corrected chi connectivity index (χ4v) is 5.29. The molecule has 0 bridgehead atoms. The van der Waals surface area contributed by atoms with Gasteiger partial charge in [-0.05, 0) is 31.4 Å². The van der Waals surface area contributed by atoms with Crippen LogP contribution in [0.25, 0.3) is 10.2 Å². The number of hydrogen-bond acceptors (Lipinski definition) is 7. The zero-order valence-electron chi connectivity index (χ0n) is 20.0. The molecule has 2 aromatic heterocycles. The lowest BCUT2D eigenvalue weighted by molar-refractivity contribution is 0.0828. The van der Waals surface area contributed by atoms with Crippen molar-refractivity contribution < 1.29 is 19.1 Å². The summed E-state index contributed by atoms with van der Waals surface area (Å²) in [6.07, 6.45) is 3.77. The molecule has 0 unspecified atom stereocenters. The van der Waals surface area contributed by atoms with Gasteiger partial charge in [0.2, 0.25) is 0 Å². The van der Waals surface area contributed by atoms with E-state index < -0.39 is 5.91 Å². The van der Waals surface area contributed by atoms with E-state index in [0.717, 1.165) is 31.5 Å². The Morgan fingerprint density at radius 2 is 1.82 bits per heavy atom. The van der Waals surface area contributed by atoms with E-state index in [0.29, 0.717) is 44.4 Å². The third-order valence-corrected chi connectivity index (χ3v) is 7.21. The Hall–Kier alpha value is -3.40. The zero-order chi connectivity index (χ0) is 24.6. The molecule has 1 aromatic carbocycles. The molecule has 2 amide bonds. The largest absolute Gasteiger partial charge is 0.493 e. The van der Waals surface area contributed by atoms with Gasteiger partial charge in [-0.25, -0.2) is 4.98 Å². The van der Waals surface area contributed by atoms with Gasteiger partial charge in [0.15, 0.2) is 11.5 Å². The molecular weight excluding hydrogens is 456 g/mol. The molecule has 34 heavy (non-hydrogen) atoms. The molecule has 9 nitrogen and oxygen atoms in total. The lowest BCUT2D eigenvalue weighted by Crippen LogP contribution is -2.25. The van der Waals surface area contributed by atoms with Crippen molar-refractivity contribution in [3.05, 3.63) is 44.3 Å². The molecule has 3 aromatic rings. The molecule has 0 spiro atoms. The van der Waals surface area contributed by atoms with Gasteiger partial charge in [-0.15, -0.1) is 11.3 Å². The Balaban J connectivity index is 1.78. The van der Waals surface area contributed by atoms with E-state index in [9.17, 15) is 14.4 Å². The second-order valence-corrected chi connectivity index (χ2v) is 9.44. The highest BCUT2D eigenvalue weighted by Gasteiger charge is 2.25.